The van der Waals surface area contributed by atoms with Crippen LogP contribution in [0.4, 0.5) is 10.5 Å². The molecule has 2 heterocycles. The Morgan fingerprint density at radius 3 is 2.76 bits per heavy atom. The Morgan fingerprint density at radius 1 is 1.28 bits per heavy atom. The van der Waals surface area contributed by atoms with Crippen molar-refractivity contribution in [1.82, 2.24) is 5.32 Å². The van der Waals surface area contributed by atoms with Gasteiger partial charge < -0.3 is 24.8 Å². The number of nitrogens with zero attached hydrogens (tertiary/aromatic N) is 1. The maximum atomic E-state index is 12.2. The molecule has 0 aromatic heterocycles. The molecule has 2 aliphatic heterocycles. The number of urea groups is 1. The molecular formula is C18H23N3O4. The van der Waals surface area contributed by atoms with Crippen molar-refractivity contribution in [1.29, 1.82) is 5.26 Å². The maximum absolute atomic E-state index is 12.2. The summed E-state index contributed by atoms with van der Waals surface area (Å²) >= 11 is 0. The molecule has 2 fully saturated rings. The van der Waals surface area contributed by atoms with E-state index in [1.54, 1.807) is 12.1 Å². The number of amides is 2. The van der Waals surface area contributed by atoms with Crippen molar-refractivity contribution in [2.75, 3.05) is 25.1 Å². The van der Waals surface area contributed by atoms with Gasteiger partial charge in [0.15, 0.2) is 0 Å². The van der Waals surface area contributed by atoms with Gasteiger partial charge >= 0.3 is 6.03 Å². The van der Waals surface area contributed by atoms with Crippen molar-refractivity contribution in [3.63, 3.8) is 0 Å². The summed E-state index contributed by atoms with van der Waals surface area (Å²) in [6, 6.07) is 8.87. The van der Waals surface area contributed by atoms with E-state index in [0.29, 0.717) is 25.5 Å². The summed E-state index contributed by atoms with van der Waals surface area (Å²) in [7, 11) is 0. The van der Waals surface area contributed by atoms with Crippen LogP contribution < -0.4 is 15.4 Å². The van der Waals surface area contributed by atoms with Crippen molar-refractivity contribution in [3.05, 3.63) is 24.3 Å². The SMILES string of the molecule is CCCCOc1ccc(NC(=O)NC2CO[C@H]3C2OC[C@@H]3C#N)cc1. The summed E-state index contributed by atoms with van der Waals surface area (Å²) in [6.45, 7) is 3.51. The van der Waals surface area contributed by atoms with E-state index in [9.17, 15) is 4.79 Å². The first-order valence-corrected chi connectivity index (χ1v) is 8.64. The van der Waals surface area contributed by atoms with Crippen LogP contribution in [0.25, 0.3) is 0 Å². The standard InChI is InChI=1S/C18H23N3O4/c1-2-3-8-23-14-6-4-13(5-7-14)20-18(22)21-15-11-25-16-12(9-19)10-24-17(15)16/h4-7,12,15-17H,2-3,8,10-11H2,1H3,(H2,20,21,22)/t12-,15?,16+,17?/m0/s1. The molecule has 0 aliphatic carbocycles. The van der Waals surface area contributed by atoms with Gasteiger partial charge in [-0.3, -0.25) is 0 Å². The van der Waals surface area contributed by atoms with E-state index in [1.807, 2.05) is 12.1 Å². The van der Waals surface area contributed by atoms with Crippen LogP contribution in [0.5, 0.6) is 5.75 Å². The topological polar surface area (TPSA) is 92.6 Å². The van der Waals surface area contributed by atoms with Crippen LogP contribution in [-0.2, 0) is 9.47 Å². The molecule has 2 amide bonds. The number of unbranched alkanes of at least 4 members (excludes halogenated alkanes) is 1. The van der Waals surface area contributed by atoms with E-state index in [2.05, 4.69) is 23.6 Å². The zero-order valence-corrected chi connectivity index (χ0v) is 14.2. The highest BCUT2D eigenvalue weighted by molar-refractivity contribution is 5.89. The maximum Gasteiger partial charge on any atom is 0.319 e. The number of ether oxygens (including phenoxy) is 3. The summed E-state index contributed by atoms with van der Waals surface area (Å²) < 4.78 is 16.8. The smallest absolute Gasteiger partial charge is 0.319 e. The van der Waals surface area contributed by atoms with Crippen molar-refractivity contribution < 1.29 is 19.0 Å². The van der Waals surface area contributed by atoms with Crippen molar-refractivity contribution in [3.8, 4) is 11.8 Å². The van der Waals surface area contributed by atoms with Gasteiger partial charge in [0, 0.05) is 5.69 Å². The van der Waals surface area contributed by atoms with Gasteiger partial charge in [-0.05, 0) is 30.7 Å². The molecule has 7 heteroatoms. The molecule has 0 spiro atoms. The van der Waals surface area contributed by atoms with Gasteiger partial charge in [0.1, 0.15) is 18.0 Å². The second-order valence-electron chi connectivity index (χ2n) is 6.26. The third-order valence-electron chi connectivity index (χ3n) is 4.41. The van der Waals surface area contributed by atoms with Crippen molar-refractivity contribution in [2.24, 2.45) is 5.92 Å². The Hall–Kier alpha value is -2.30. The summed E-state index contributed by atoms with van der Waals surface area (Å²) in [4.78, 5) is 12.2. The highest BCUT2D eigenvalue weighted by atomic mass is 16.6. The minimum atomic E-state index is -0.321. The average Bonchev–Trinajstić information content (AvgIpc) is 3.19. The molecule has 1 aromatic rings. The van der Waals surface area contributed by atoms with Gasteiger partial charge in [-0.2, -0.15) is 5.26 Å². The Balaban J connectivity index is 1.47. The highest BCUT2D eigenvalue weighted by Crippen LogP contribution is 2.30. The Bertz CT molecular complexity index is 628. The van der Waals surface area contributed by atoms with E-state index in [-0.39, 0.29) is 30.2 Å². The zero-order valence-electron chi connectivity index (χ0n) is 14.2. The zero-order chi connectivity index (χ0) is 17.6. The largest absolute Gasteiger partial charge is 0.494 e. The minimum Gasteiger partial charge on any atom is -0.494 e. The number of benzene rings is 1. The summed E-state index contributed by atoms with van der Waals surface area (Å²) in [6.07, 6.45) is 1.59. The summed E-state index contributed by atoms with van der Waals surface area (Å²) in [5.41, 5.74) is 0.679. The van der Waals surface area contributed by atoms with Gasteiger partial charge in [-0.1, -0.05) is 13.3 Å². The van der Waals surface area contributed by atoms with E-state index in [1.165, 1.54) is 0 Å². The number of carbonyl (C=O) groups is 1. The fourth-order valence-electron chi connectivity index (χ4n) is 3.04. The Kier molecular flexibility index (Phi) is 5.74. The van der Waals surface area contributed by atoms with Crippen LogP contribution in [0.1, 0.15) is 19.8 Å². The van der Waals surface area contributed by atoms with E-state index >= 15 is 0 Å². The first kappa shape index (κ1) is 17.5. The van der Waals surface area contributed by atoms with Gasteiger partial charge in [0.05, 0.1) is 37.8 Å². The van der Waals surface area contributed by atoms with Gasteiger partial charge in [0.25, 0.3) is 0 Å². The number of fused-ring (bicyclic) bond motifs is 1. The first-order valence-electron chi connectivity index (χ1n) is 8.64. The van der Waals surface area contributed by atoms with E-state index in [4.69, 9.17) is 19.5 Å². The first-order chi connectivity index (χ1) is 12.2. The quantitative estimate of drug-likeness (QED) is 0.772. The normalized spacial score (nSPS) is 27.4. The molecule has 2 N–H and O–H groups in total. The molecule has 134 valence electrons. The monoisotopic (exact) mass is 345 g/mol. The molecule has 0 radical (unpaired) electrons. The van der Waals surface area contributed by atoms with Crippen LogP contribution in [0.2, 0.25) is 0 Å². The molecule has 3 rings (SSSR count). The average molecular weight is 345 g/mol. The van der Waals surface area contributed by atoms with Crippen LogP contribution in [0.3, 0.4) is 0 Å². The number of nitriles is 1. The molecule has 7 nitrogen and oxygen atoms in total. The van der Waals surface area contributed by atoms with Crippen LogP contribution in [-0.4, -0.2) is 44.1 Å². The van der Waals surface area contributed by atoms with Gasteiger partial charge in [-0.25, -0.2) is 4.79 Å². The molecule has 2 unspecified atom stereocenters. The van der Waals surface area contributed by atoms with Crippen LogP contribution >= 0.6 is 0 Å². The Morgan fingerprint density at radius 2 is 2.04 bits per heavy atom. The fraction of sp³-hybridized carbons (Fsp3) is 0.556. The number of hydrogen-bond donors (Lipinski definition) is 2. The molecule has 2 aliphatic rings. The Labute approximate surface area is 147 Å². The van der Waals surface area contributed by atoms with Crippen molar-refractivity contribution >= 4 is 11.7 Å². The predicted molar refractivity (Wildman–Crippen MR) is 91.4 cm³/mol. The van der Waals surface area contributed by atoms with Gasteiger partial charge in [0.2, 0.25) is 0 Å². The molecular weight excluding hydrogens is 322 g/mol. The predicted octanol–water partition coefficient (Wildman–Crippen LogP) is 2.29. The lowest BCUT2D eigenvalue weighted by Gasteiger charge is -2.18. The highest BCUT2D eigenvalue weighted by Gasteiger charge is 2.48. The molecule has 0 bridgehead atoms. The second-order valence-corrected chi connectivity index (χ2v) is 6.26. The molecule has 1 aromatic carbocycles. The summed E-state index contributed by atoms with van der Waals surface area (Å²) in [5.74, 6) is 0.522. The number of hydrogen-bond acceptors (Lipinski definition) is 5. The van der Waals surface area contributed by atoms with Crippen LogP contribution in [0, 0.1) is 17.2 Å². The number of carbonyl (C=O) groups excluding carboxylic acids is 1. The summed E-state index contributed by atoms with van der Waals surface area (Å²) in [5, 5.41) is 14.7. The molecule has 25 heavy (non-hydrogen) atoms. The molecule has 4 atom stereocenters. The number of anilines is 1. The lowest BCUT2D eigenvalue weighted by atomic mass is 10.0. The van der Waals surface area contributed by atoms with E-state index in [0.717, 1.165) is 18.6 Å². The second kappa shape index (κ2) is 8.19. The lowest BCUT2D eigenvalue weighted by molar-refractivity contribution is 0.0665. The minimum absolute atomic E-state index is 0.250. The molecule has 0 saturated carbocycles. The molecule has 2 saturated heterocycles. The number of nitrogens with one attached hydrogen (secondary N) is 2. The third kappa shape index (κ3) is 4.21. The number of rotatable bonds is 6. The fourth-order valence-corrected chi connectivity index (χ4v) is 3.04. The van der Waals surface area contributed by atoms with Crippen LogP contribution in [0.15, 0.2) is 24.3 Å². The third-order valence-corrected chi connectivity index (χ3v) is 4.41. The van der Waals surface area contributed by atoms with Gasteiger partial charge in [-0.15, -0.1) is 0 Å². The van der Waals surface area contributed by atoms with E-state index < -0.39 is 0 Å². The van der Waals surface area contributed by atoms with Crippen molar-refractivity contribution in [2.45, 2.75) is 38.0 Å². The lowest BCUT2D eigenvalue weighted by Crippen LogP contribution is -2.45.